The number of rotatable bonds is 4. The molecule has 1 aromatic heterocycles. The van der Waals surface area contributed by atoms with E-state index in [0.717, 1.165) is 5.69 Å². The Hall–Kier alpha value is -2.63. The van der Waals surface area contributed by atoms with Crippen molar-refractivity contribution in [3.8, 4) is 5.69 Å². The summed E-state index contributed by atoms with van der Waals surface area (Å²) in [5.74, 6) is -0.308. The standard InChI is InChI=1S/C16H19N3O3/c1-11(2)10-22-16(21)18-15(20)14-9-17-19(12(14)3)13-7-5-4-6-8-13/h4-9,11H,10H2,1-3H3,(H,18,20,21). The van der Waals surface area contributed by atoms with Crippen molar-refractivity contribution in [1.82, 2.24) is 15.1 Å². The minimum atomic E-state index is -0.745. The second-order valence-corrected chi connectivity index (χ2v) is 5.34. The average Bonchev–Trinajstić information content (AvgIpc) is 2.88. The Morgan fingerprint density at radius 1 is 1.27 bits per heavy atom. The van der Waals surface area contributed by atoms with Crippen LogP contribution < -0.4 is 5.32 Å². The first-order valence-electron chi connectivity index (χ1n) is 7.07. The lowest BCUT2D eigenvalue weighted by Gasteiger charge is -2.08. The first kappa shape index (κ1) is 15.8. The number of imide groups is 1. The van der Waals surface area contributed by atoms with Gasteiger partial charge in [0.25, 0.3) is 5.91 Å². The summed E-state index contributed by atoms with van der Waals surface area (Å²) in [6, 6.07) is 9.46. The third-order valence-electron chi connectivity index (χ3n) is 3.02. The van der Waals surface area contributed by atoms with E-state index in [-0.39, 0.29) is 12.5 Å². The van der Waals surface area contributed by atoms with Crippen molar-refractivity contribution >= 4 is 12.0 Å². The predicted octanol–water partition coefficient (Wildman–Crippen LogP) is 2.70. The molecule has 1 aromatic carbocycles. The Morgan fingerprint density at radius 2 is 1.95 bits per heavy atom. The minimum absolute atomic E-state index is 0.211. The van der Waals surface area contributed by atoms with Gasteiger partial charge in [0, 0.05) is 0 Å². The van der Waals surface area contributed by atoms with Gasteiger partial charge in [-0.2, -0.15) is 5.10 Å². The second-order valence-electron chi connectivity index (χ2n) is 5.34. The van der Waals surface area contributed by atoms with Gasteiger partial charge in [-0.15, -0.1) is 0 Å². The van der Waals surface area contributed by atoms with Crippen LogP contribution in [0.15, 0.2) is 36.5 Å². The highest BCUT2D eigenvalue weighted by atomic mass is 16.5. The fraction of sp³-hybridized carbons (Fsp3) is 0.312. The van der Waals surface area contributed by atoms with Crippen LogP contribution >= 0.6 is 0 Å². The number of hydrogen-bond donors (Lipinski definition) is 1. The normalized spacial score (nSPS) is 10.5. The molecule has 6 nitrogen and oxygen atoms in total. The van der Waals surface area contributed by atoms with Gasteiger partial charge in [0.05, 0.1) is 29.7 Å². The highest BCUT2D eigenvalue weighted by Crippen LogP contribution is 2.13. The summed E-state index contributed by atoms with van der Waals surface area (Å²) >= 11 is 0. The van der Waals surface area contributed by atoms with Gasteiger partial charge in [-0.25, -0.2) is 9.48 Å². The summed E-state index contributed by atoms with van der Waals surface area (Å²) in [6.07, 6.45) is 0.693. The van der Waals surface area contributed by atoms with Gasteiger partial charge in [0.2, 0.25) is 0 Å². The van der Waals surface area contributed by atoms with Crippen LogP contribution in [0.3, 0.4) is 0 Å². The maximum absolute atomic E-state index is 12.1. The summed E-state index contributed by atoms with van der Waals surface area (Å²) in [4.78, 5) is 23.6. The third-order valence-corrected chi connectivity index (χ3v) is 3.02. The Kier molecular flexibility index (Phi) is 4.93. The monoisotopic (exact) mass is 301 g/mol. The Labute approximate surface area is 129 Å². The molecule has 0 aliphatic heterocycles. The van der Waals surface area contributed by atoms with Crippen LogP contribution in [0.25, 0.3) is 5.69 Å². The zero-order valence-corrected chi connectivity index (χ0v) is 12.9. The van der Waals surface area contributed by atoms with E-state index in [1.165, 1.54) is 6.20 Å². The highest BCUT2D eigenvalue weighted by molar-refractivity contribution is 6.03. The van der Waals surface area contributed by atoms with E-state index in [4.69, 9.17) is 4.74 Å². The number of carbonyl (C=O) groups is 2. The molecule has 6 heteroatoms. The zero-order chi connectivity index (χ0) is 16.1. The van der Waals surface area contributed by atoms with E-state index in [2.05, 4.69) is 10.4 Å². The fourth-order valence-corrected chi connectivity index (χ4v) is 1.90. The summed E-state index contributed by atoms with van der Waals surface area (Å²) in [6.45, 7) is 5.88. The number of benzene rings is 1. The van der Waals surface area contributed by atoms with Crippen LogP contribution in [0.2, 0.25) is 0 Å². The molecule has 0 fully saturated rings. The molecule has 0 radical (unpaired) electrons. The predicted molar refractivity (Wildman–Crippen MR) is 82.0 cm³/mol. The van der Waals surface area contributed by atoms with Crippen LogP contribution in [-0.4, -0.2) is 28.4 Å². The number of para-hydroxylation sites is 1. The molecular formula is C16H19N3O3. The van der Waals surface area contributed by atoms with Crippen molar-refractivity contribution in [2.24, 2.45) is 5.92 Å². The van der Waals surface area contributed by atoms with E-state index in [1.54, 1.807) is 11.6 Å². The van der Waals surface area contributed by atoms with Crippen molar-refractivity contribution in [3.05, 3.63) is 47.8 Å². The maximum Gasteiger partial charge on any atom is 0.414 e. The lowest BCUT2D eigenvalue weighted by Crippen LogP contribution is -2.32. The molecule has 22 heavy (non-hydrogen) atoms. The topological polar surface area (TPSA) is 73.2 Å². The first-order valence-corrected chi connectivity index (χ1v) is 7.07. The van der Waals surface area contributed by atoms with Crippen LogP contribution in [0.5, 0.6) is 0 Å². The largest absolute Gasteiger partial charge is 0.449 e. The highest BCUT2D eigenvalue weighted by Gasteiger charge is 2.18. The van der Waals surface area contributed by atoms with Crippen molar-refractivity contribution < 1.29 is 14.3 Å². The van der Waals surface area contributed by atoms with Crippen LogP contribution in [0.1, 0.15) is 29.9 Å². The lowest BCUT2D eigenvalue weighted by molar-refractivity contribution is 0.0906. The van der Waals surface area contributed by atoms with Gasteiger partial charge < -0.3 is 4.74 Å². The molecular weight excluding hydrogens is 282 g/mol. The van der Waals surface area contributed by atoms with Crippen molar-refractivity contribution in [2.75, 3.05) is 6.61 Å². The van der Waals surface area contributed by atoms with Gasteiger partial charge in [-0.3, -0.25) is 10.1 Å². The maximum atomic E-state index is 12.1. The van der Waals surface area contributed by atoms with Gasteiger partial charge >= 0.3 is 6.09 Å². The molecule has 0 saturated heterocycles. The SMILES string of the molecule is Cc1c(C(=O)NC(=O)OCC(C)C)cnn1-c1ccccc1. The number of ether oxygens (including phenoxy) is 1. The third kappa shape index (κ3) is 3.72. The van der Waals surface area contributed by atoms with Crippen molar-refractivity contribution in [3.63, 3.8) is 0 Å². The molecule has 0 bridgehead atoms. The smallest absolute Gasteiger partial charge is 0.414 e. The quantitative estimate of drug-likeness (QED) is 0.942. The van der Waals surface area contributed by atoms with E-state index in [0.29, 0.717) is 11.3 Å². The molecule has 116 valence electrons. The minimum Gasteiger partial charge on any atom is -0.449 e. The summed E-state index contributed by atoms with van der Waals surface area (Å²) < 4.78 is 6.58. The van der Waals surface area contributed by atoms with E-state index < -0.39 is 12.0 Å². The van der Waals surface area contributed by atoms with Gasteiger partial charge in [-0.1, -0.05) is 32.0 Å². The zero-order valence-electron chi connectivity index (χ0n) is 12.9. The summed E-state index contributed by atoms with van der Waals surface area (Å²) in [7, 11) is 0. The molecule has 0 aliphatic carbocycles. The number of alkyl carbamates (subject to hydrolysis) is 1. The van der Waals surface area contributed by atoms with Crippen LogP contribution in [0.4, 0.5) is 4.79 Å². The fourth-order valence-electron chi connectivity index (χ4n) is 1.90. The molecule has 0 unspecified atom stereocenters. The molecule has 0 aliphatic rings. The van der Waals surface area contributed by atoms with Gasteiger partial charge in [-0.05, 0) is 25.0 Å². The Morgan fingerprint density at radius 3 is 2.59 bits per heavy atom. The molecule has 1 N–H and O–H groups in total. The molecule has 2 amide bonds. The number of nitrogens with zero attached hydrogens (tertiary/aromatic N) is 2. The van der Waals surface area contributed by atoms with Crippen LogP contribution in [0, 0.1) is 12.8 Å². The van der Waals surface area contributed by atoms with E-state index in [1.807, 2.05) is 44.2 Å². The average molecular weight is 301 g/mol. The second kappa shape index (κ2) is 6.89. The summed E-state index contributed by atoms with van der Waals surface area (Å²) in [5, 5.41) is 6.40. The molecule has 0 saturated carbocycles. The molecule has 2 rings (SSSR count). The number of aromatic nitrogens is 2. The number of amides is 2. The Bertz CT molecular complexity index is 663. The first-order chi connectivity index (χ1) is 10.5. The number of nitrogens with one attached hydrogen (secondary N) is 1. The van der Waals surface area contributed by atoms with Gasteiger partial charge in [0.1, 0.15) is 0 Å². The molecule has 2 aromatic rings. The summed E-state index contributed by atoms with van der Waals surface area (Å²) in [5.41, 5.74) is 1.84. The van der Waals surface area contributed by atoms with E-state index in [9.17, 15) is 9.59 Å². The molecule has 0 spiro atoms. The molecule has 0 atom stereocenters. The van der Waals surface area contributed by atoms with Crippen molar-refractivity contribution in [2.45, 2.75) is 20.8 Å². The van der Waals surface area contributed by atoms with Crippen molar-refractivity contribution in [1.29, 1.82) is 0 Å². The Balaban J connectivity index is 2.09. The number of carbonyl (C=O) groups excluding carboxylic acids is 2. The number of hydrogen-bond acceptors (Lipinski definition) is 4. The van der Waals surface area contributed by atoms with E-state index >= 15 is 0 Å². The lowest BCUT2D eigenvalue weighted by atomic mass is 10.2. The van der Waals surface area contributed by atoms with Crippen LogP contribution in [-0.2, 0) is 4.74 Å². The van der Waals surface area contributed by atoms with Gasteiger partial charge in [0.15, 0.2) is 0 Å². The molecule has 1 heterocycles.